The highest BCUT2D eigenvalue weighted by molar-refractivity contribution is 5.88. The summed E-state index contributed by atoms with van der Waals surface area (Å²) in [6, 6.07) is 8.06. The van der Waals surface area contributed by atoms with Crippen molar-refractivity contribution in [1.29, 1.82) is 0 Å². The summed E-state index contributed by atoms with van der Waals surface area (Å²) >= 11 is 0. The lowest BCUT2D eigenvalue weighted by molar-refractivity contribution is 0.303. The molecule has 0 aliphatic carbocycles. The minimum atomic E-state index is 0.613. The number of fused-ring (bicyclic) bond motifs is 1. The van der Waals surface area contributed by atoms with Crippen molar-refractivity contribution in [3.05, 3.63) is 30.0 Å². The highest BCUT2D eigenvalue weighted by atomic mass is 16.5. The van der Waals surface area contributed by atoms with Crippen LogP contribution in [0.15, 0.2) is 24.3 Å². The van der Waals surface area contributed by atoms with Crippen LogP contribution in [0.2, 0.25) is 0 Å². The van der Waals surface area contributed by atoms with Crippen LogP contribution in [0.1, 0.15) is 19.0 Å². The first-order valence-corrected chi connectivity index (χ1v) is 6.38. The molecule has 2 aromatic rings. The number of nitrogens with zero attached hydrogens (tertiary/aromatic N) is 2. The summed E-state index contributed by atoms with van der Waals surface area (Å²) in [4.78, 5) is 0. The smallest absolute Gasteiger partial charge is 0.241 e. The highest BCUT2D eigenvalue weighted by Crippen LogP contribution is 2.23. The molecule has 1 N–H and O–H groups in total. The van der Waals surface area contributed by atoms with Crippen LogP contribution in [0.4, 0.5) is 0 Å². The fraction of sp³-hybridized carbons (Fsp3) is 0.429. The maximum Gasteiger partial charge on any atom is 0.241 e. The summed E-state index contributed by atoms with van der Waals surface area (Å²) < 4.78 is 5.68. The Morgan fingerprint density at radius 3 is 2.67 bits per heavy atom. The zero-order valence-corrected chi connectivity index (χ0v) is 10.9. The molecule has 0 atom stereocenters. The maximum absolute atomic E-state index is 5.68. The average Bonchev–Trinajstić information content (AvgIpc) is 2.41. The number of ether oxygens (including phenoxy) is 1. The van der Waals surface area contributed by atoms with Gasteiger partial charge >= 0.3 is 0 Å². The van der Waals surface area contributed by atoms with Gasteiger partial charge in [0.2, 0.25) is 5.88 Å². The molecule has 0 unspecified atom stereocenters. The number of nitrogens with one attached hydrogen (secondary N) is 1. The fourth-order valence-electron chi connectivity index (χ4n) is 1.84. The Balaban J connectivity index is 2.07. The highest BCUT2D eigenvalue weighted by Gasteiger charge is 2.06. The minimum Gasteiger partial charge on any atom is -0.475 e. The predicted molar refractivity (Wildman–Crippen MR) is 72.9 cm³/mol. The molecule has 18 heavy (non-hydrogen) atoms. The van der Waals surface area contributed by atoms with Gasteiger partial charge in [0.25, 0.3) is 0 Å². The molecule has 0 amide bonds. The van der Waals surface area contributed by atoms with Gasteiger partial charge < -0.3 is 10.1 Å². The van der Waals surface area contributed by atoms with Gasteiger partial charge in [0.1, 0.15) is 6.61 Å². The average molecular weight is 245 g/mol. The molecule has 4 nitrogen and oxygen atoms in total. The summed E-state index contributed by atoms with van der Waals surface area (Å²) in [6.07, 6.45) is 1.13. The van der Waals surface area contributed by atoms with E-state index in [1.165, 1.54) is 0 Å². The Kier molecular flexibility index (Phi) is 4.47. The molecule has 0 saturated carbocycles. The van der Waals surface area contributed by atoms with Crippen LogP contribution in [0.5, 0.6) is 5.88 Å². The summed E-state index contributed by atoms with van der Waals surface area (Å²) in [5.41, 5.74) is 0.932. The molecule has 0 saturated heterocycles. The monoisotopic (exact) mass is 245 g/mol. The van der Waals surface area contributed by atoms with Crippen LogP contribution in [0.25, 0.3) is 10.8 Å². The van der Waals surface area contributed by atoms with Gasteiger partial charge in [0.05, 0.1) is 5.69 Å². The van der Waals surface area contributed by atoms with Gasteiger partial charge in [-0.2, -0.15) is 5.10 Å². The summed E-state index contributed by atoms with van der Waals surface area (Å²) in [7, 11) is 0. The molecular weight excluding hydrogens is 226 g/mol. The normalized spacial score (nSPS) is 10.8. The second kappa shape index (κ2) is 6.31. The van der Waals surface area contributed by atoms with Gasteiger partial charge in [0, 0.05) is 17.3 Å². The zero-order chi connectivity index (χ0) is 12.8. The van der Waals surface area contributed by atoms with E-state index in [1.54, 1.807) is 0 Å². The van der Waals surface area contributed by atoms with Crippen LogP contribution >= 0.6 is 0 Å². The van der Waals surface area contributed by atoms with Crippen molar-refractivity contribution in [3.63, 3.8) is 0 Å². The Bertz CT molecular complexity index is 513. The minimum absolute atomic E-state index is 0.613. The zero-order valence-electron chi connectivity index (χ0n) is 10.9. The molecule has 1 aromatic carbocycles. The first-order valence-electron chi connectivity index (χ1n) is 6.38. The van der Waals surface area contributed by atoms with E-state index >= 15 is 0 Å². The van der Waals surface area contributed by atoms with Crippen LogP contribution < -0.4 is 10.1 Å². The van der Waals surface area contributed by atoms with Crippen molar-refractivity contribution in [2.75, 3.05) is 19.7 Å². The molecule has 0 bridgehead atoms. The first-order chi connectivity index (χ1) is 8.83. The summed E-state index contributed by atoms with van der Waals surface area (Å²) in [5, 5.41) is 13.7. The lowest BCUT2D eigenvalue weighted by Gasteiger charge is -2.09. The molecule has 96 valence electrons. The fourth-order valence-corrected chi connectivity index (χ4v) is 1.84. The summed E-state index contributed by atoms with van der Waals surface area (Å²) in [5.74, 6) is 0.620. The SMILES string of the molecule is CCCNCCOc1nnc(C)c2ccccc12. The van der Waals surface area contributed by atoms with E-state index in [0.717, 1.165) is 36.0 Å². The van der Waals surface area contributed by atoms with Crippen molar-refractivity contribution < 1.29 is 4.74 Å². The van der Waals surface area contributed by atoms with E-state index in [-0.39, 0.29) is 0 Å². The van der Waals surface area contributed by atoms with Crippen molar-refractivity contribution in [3.8, 4) is 5.88 Å². The predicted octanol–water partition coefficient (Wildman–Crippen LogP) is 2.32. The number of hydrogen-bond acceptors (Lipinski definition) is 4. The molecule has 1 aromatic heterocycles. The molecule has 4 heteroatoms. The van der Waals surface area contributed by atoms with Crippen LogP contribution in [-0.4, -0.2) is 29.9 Å². The number of aromatic nitrogens is 2. The quantitative estimate of drug-likeness (QED) is 0.793. The third kappa shape index (κ3) is 2.96. The maximum atomic E-state index is 5.68. The molecular formula is C14H19N3O. The third-order valence-corrected chi connectivity index (χ3v) is 2.78. The van der Waals surface area contributed by atoms with E-state index in [9.17, 15) is 0 Å². The van der Waals surface area contributed by atoms with Gasteiger partial charge in [-0.05, 0) is 26.0 Å². The lowest BCUT2D eigenvalue weighted by atomic mass is 10.1. The van der Waals surface area contributed by atoms with Gasteiger partial charge in [-0.3, -0.25) is 0 Å². The van der Waals surface area contributed by atoms with Crippen molar-refractivity contribution in [2.24, 2.45) is 0 Å². The molecule has 0 fully saturated rings. The van der Waals surface area contributed by atoms with Crippen molar-refractivity contribution >= 4 is 10.8 Å². The van der Waals surface area contributed by atoms with Gasteiger partial charge in [0.15, 0.2) is 0 Å². The molecule has 2 rings (SSSR count). The Morgan fingerprint density at radius 1 is 1.11 bits per heavy atom. The third-order valence-electron chi connectivity index (χ3n) is 2.78. The number of hydrogen-bond donors (Lipinski definition) is 1. The molecule has 0 aliphatic heterocycles. The van der Waals surface area contributed by atoms with Gasteiger partial charge in [-0.15, -0.1) is 5.10 Å². The summed E-state index contributed by atoms with van der Waals surface area (Å²) in [6.45, 7) is 6.57. The number of benzene rings is 1. The molecule has 0 radical (unpaired) electrons. The lowest BCUT2D eigenvalue weighted by Crippen LogP contribution is -2.22. The Morgan fingerprint density at radius 2 is 1.89 bits per heavy atom. The Labute approximate surface area is 107 Å². The standard InChI is InChI=1S/C14H19N3O/c1-3-8-15-9-10-18-14-13-7-5-4-6-12(13)11(2)16-17-14/h4-7,15H,3,8-10H2,1-2H3. The molecule has 1 heterocycles. The van der Waals surface area contributed by atoms with Crippen molar-refractivity contribution in [1.82, 2.24) is 15.5 Å². The van der Waals surface area contributed by atoms with E-state index < -0.39 is 0 Å². The van der Waals surface area contributed by atoms with Gasteiger partial charge in [-0.1, -0.05) is 25.1 Å². The largest absolute Gasteiger partial charge is 0.475 e. The second-order valence-corrected chi connectivity index (χ2v) is 4.23. The van der Waals surface area contributed by atoms with E-state index in [4.69, 9.17) is 4.74 Å². The van der Waals surface area contributed by atoms with Crippen LogP contribution in [0, 0.1) is 6.92 Å². The van der Waals surface area contributed by atoms with E-state index in [2.05, 4.69) is 22.4 Å². The molecule has 0 spiro atoms. The number of aryl methyl sites for hydroxylation is 1. The Hall–Kier alpha value is -1.68. The van der Waals surface area contributed by atoms with Crippen LogP contribution in [0.3, 0.4) is 0 Å². The van der Waals surface area contributed by atoms with Crippen LogP contribution in [-0.2, 0) is 0 Å². The number of rotatable bonds is 6. The first kappa shape index (κ1) is 12.8. The van der Waals surface area contributed by atoms with E-state index in [1.807, 2.05) is 31.2 Å². The van der Waals surface area contributed by atoms with Gasteiger partial charge in [-0.25, -0.2) is 0 Å². The second-order valence-electron chi connectivity index (χ2n) is 4.23. The van der Waals surface area contributed by atoms with Crippen molar-refractivity contribution in [2.45, 2.75) is 20.3 Å². The van der Waals surface area contributed by atoms with E-state index in [0.29, 0.717) is 12.5 Å². The topological polar surface area (TPSA) is 47.0 Å². The molecule has 0 aliphatic rings.